The van der Waals surface area contributed by atoms with E-state index in [1.165, 1.54) is 0 Å². The van der Waals surface area contributed by atoms with Gasteiger partial charge in [0.05, 0.1) is 5.56 Å². The van der Waals surface area contributed by atoms with Crippen LogP contribution in [0.4, 0.5) is 0 Å². The fourth-order valence-electron chi connectivity index (χ4n) is 1.60. The van der Waals surface area contributed by atoms with Crippen molar-refractivity contribution in [3.05, 3.63) is 35.9 Å². The largest absolute Gasteiger partial charge is 0.449 e. The number of Topliss-reactive ketones (excluding diaryl/α,β-unsaturated/α-hetero) is 1. The molecule has 1 aliphatic rings. The van der Waals surface area contributed by atoms with Crippen molar-refractivity contribution in [2.75, 3.05) is 13.1 Å². The monoisotopic (exact) mass is 219 g/mol. The van der Waals surface area contributed by atoms with Crippen molar-refractivity contribution < 1.29 is 14.3 Å². The highest BCUT2D eigenvalue weighted by molar-refractivity contribution is 5.93. The third-order valence-electron chi connectivity index (χ3n) is 2.50. The van der Waals surface area contributed by atoms with E-state index in [1.807, 2.05) is 6.07 Å². The van der Waals surface area contributed by atoms with Crippen molar-refractivity contribution in [1.29, 1.82) is 0 Å². The van der Waals surface area contributed by atoms with E-state index in [0.717, 1.165) is 0 Å². The van der Waals surface area contributed by atoms with Gasteiger partial charge in [0.2, 0.25) is 0 Å². The maximum atomic E-state index is 11.7. The molecule has 1 saturated heterocycles. The number of rotatable bonds is 2. The second kappa shape index (κ2) is 4.90. The molecule has 1 atom stereocenters. The van der Waals surface area contributed by atoms with Gasteiger partial charge in [-0.3, -0.25) is 4.79 Å². The van der Waals surface area contributed by atoms with E-state index in [2.05, 4.69) is 5.32 Å². The van der Waals surface area contributed by atoms with Crippen LogP contribution in [0.3, 0.4) is 0 Å². The van der Waals surface area contributed by atoms with Gasteiger partial charge in [-0.05, 0) is 12.1 Å². The molecular weight excluding hydrogens is 206 g/mol. The number of esters is 1. The van der Waals surface area contributed by atoms with Gasteiger partial charge in [-0.25, -0.2) is 4.79 Å². The first-order valence-electron chi connectivity index (χ1n) is 5.27. The molecule has 1 aromatic carbocycles. The summed E-state index contributed by atoms with van der Waals surface area (Å²) in [7, 11) is 0. The van der Waals surface area contributed by atoms with E-state index >= 15 is 0 Å². The molecule has 2 rings (SSSR count). The number of carbonyl (C=O) groups is 2. The van der Waals surface area contributed by atoms with Gasteiger partial charge in [0.25, 0.3) is 0 Å². The fraction of sp³-hybridized carbons (Fsp3) is 0.333. The Morgan fingerprint density at radius 3 is 2.75 bits per heavy atom. The van der Waals surface area contributed by atoms with Crippen molar-refractivity contribution in [3.63, 3.8) is 0 Å². The summed E-state index contributed by atoms with van der Waals surface area (Å²) in [6.45, 7) is 1.08. The Morgan fingerprint density at radius 2 is 2.06 bits per heavy atom. The Hall–Kier alpha value is -1.68. The molecule has 1 aromatic rings. The molecule has 4 heteroatoms. The lowest BCUT2D eigenvalue weighted by molar-refractivity contribution is -0.129. The number of hydrogen-bond acceptors (Lipinski definition) is 4. The van der Waals surface area contributed by atoms with Gasteiger partial charge in [0.1, 0.15) is 0 Å². The molecule has 1 aliphatic heterocycles. The molecule has 0 amide bonds. The van der Waals surface area contributed by atoms with E-state index in [4.69, 9.17) is 4.74 Å². The van der Waals surface area contributed by atoms with E-state index in [-0.39, 0.29) is 5.78 Å². The number of ether oxygens (including phenoxy) is 1. The van der Waals surface area contributed by atoms with Crippen LogP contribution in [0.1, 0.15) is 16.8 Å². The molecule has 16 heavy (non-hydrogen) atoms. The van der Waals surface area contributed by atoms with Gasteiger partial charge >= 0.3 is 5.97 Å². The van der Waals surface area contributed by atoms with Crippen molar-refractivity contribution in [2.45, 2.75) is 12.5 Å². The Kier molecular flexibility index (Phi) is 3.31. The molecular formula is C12H13NO3. The van der Waals surface area contributed by atoms with Crippen LogP contribution < -0.4 is 5.32 Å². The predicted molar refractivity (Wildman–Crippen MR) is 58.1 cm³/mol. The van der Waals surface area contributed by atoms with Crippen LogP contribution in [0.25, 0.3) is 0 Å². The standard InChI is InChI=1S/C12H13NO3/c14-10-6-7-13-8-11(10)16-12(15)9-4-2-1-3-5-9/h1-5,11,13H,6-8H2/t11-/m1/s1. The van der Waals surface area contributed by atoms with Crippen LogP contribution in [0.2, 0.25) is 0 Å². The lowest BCUT2D eigenvalue weighted by Crippen LogP contribution is -2.43. The summed E-state index contributed by atoms with van der Waals surface area (Å²) in [5, 5.41) is 3.02. The van der Waals surface area contributed by atoms with Gasteiger partial charge < -0.3 is 10.1 Å². The lowest BCUT2D eigenvalue weighted by atomic mass is 10.1. The van der Waals surface area contributed by atoms with Gasteiger partial charge in [-0.15, -0.1) is 0 Å². The summed E-state index contributed by atoms with van der Waals surface area (Å²) in [6.07, 6.45) is -0.214. The molecule has 0 bridgehead atoms. The normalized spacial score (nSPS) is 20.5. The molecule has 0 saturated carbocycles. The van der Waals surface area contributed by atoms with Crippen molar-refractivity contribution in [1.82, 2.24) is 5.32 Å². The van der Waals surface area contributed by atoms with Crippen LogP contribution in [-0.4, -0.2) is 30.9 Å². The zero-order valence-electron chi connectivity index (χ0n) is 8.81. The zero-order valence-corrected chi connectivity index (χ0v) is 8.81. The van der Waals surface area contributed by atoms with Crippen LogP contribution in [0.5, 0.6) is 0 Å². The lowest BCUT2D eigenvalue weighted by Gasteiger charge is -2.21. The van der Waals surface area contributed by atoms with Crippen molar-refractivity contribution in [3.8, 4) is 0 Å². The first-order chi connectivity index (χ1) is 7.77. The third-order valence-corrected chi connectivity index (χ3v) is 2.50. The molecule has 0 unspecified atom stereocenters. The molecule has 0 aliphatic carbocycles. The van der Waals surface area contributed by atoms with Gasteiger partial charge in [-0.2, -0.15) is 0 Å². The van der Waals surface area contributed by atoms with Crippen LogP contribution in [0, 0.1) is 0 Å². The molecule has 1 fully saturated rings. The summed E-state index contributed by atoms with van der Waals surface area (Å²) in [5.74, 6) is -0.453. The maximum absolute atomic E-state index is 11.7. The average molecular weight is 219 g/mol. The number of carbonyl (C=O) groups excluding carboxylic acids is 2. The summed E-state index contributed by atoms with van der Waals surface area (Å²) in [4.78, 5) is 23.1. The second-order valence-corrected chi connectivity index (χ2v) is 3.68. The first kappa shape index (κ1) is 10.8. The molecule has 0 aromatic heterocycles. The first-order valence-corrected chi connectivity index (χ1v) is 5.27. The van der Waals surface area contributed by atoms with Gasteiger partial charge in [0, 0.05) is 19.5 Å². The van der Waals surface area contributed by atoms with Crippen molar-refractivity contribution in [2.24, 2.45) is 0 Å². The Labute approximate surface area is 93.6 Å². The summed E-state index contributed by atoms with van der Waals surface area (Å²) < 4.78 is 5.14. The van der Waals surface area contributed by atoms with E-state index in [1.54, 1.807) is 24.3 Å². The zero-order chi connectivity index (χ0) is 11.4. The number of nitrogens with one attached hydrogen (secondary N) is 1. The van der Waals surface area contributed by atoms with Crippen LogP contribution >= 0.6 is 0 Å². The highest BCUT2D eigenvalue weighted by atomic mass is 16.5. The predicted octanol–water partition coefficient (Wildman–Crippen LogP) is 0.774. The highest BCUT2D eigenvalue weighted by Gasteiger charge is 2.25. The van der Waals surface area contributed by atoms with E-state index in [0.29, 0.717) is 25.1 Å². The summed E-state index contributed by atoms with van der Waals surface area (Å²) >= 11 is 0. The molecule has 1 N–H and O–H groups in total. The molecule has 0 radical (unpaired) electrons. The minimum Gasteiger partial charge on any atom is -0.449 e. The topological polar surface area (TPSA) is 55.4 Å². The van der Waals surface area contributed by atoms with E-state index < -0.39 is 12.1 Å². The maximum Gasteiger partial charge on any atom is 0.338 e. The highest BCUT2D eigenvalue weighted by Crippen LogP contribution is 2.07. The smallest absolute Gasteiger partial charge is 0.338 e. The summed E-state index contributed by atoms with van der Waals surface area (Å²) in [5.41, 5.74) is 0.473. The van der Waals surface area contributed by atoms with E-state index in [9.17, 15) is 9.59 Å². The summed E-state index contributed by atoms with van der Waals surface area (Å²) in [6, 6.07) is 8.69. The minimum absolute atomic E-state index is 0.0111. The number of benzene rings is 1. The Balaban J connectivity index is 1.99. The van der Waals surface area contributed by atoms with Gasteiger partial charge in [0.15, 0.2) is 11.9 Å². The molecule has 0 spiro atoms. The number of hydrogen-bond donors (Lipinski definition) is 1. The third kappa shape index (κ3) is 2.46. The van der Waals surface area contributed by atoms with Crippen molar-refractivity contribution >= 4 is 11.8 Å². The van der Waals surface area contributed by atoms with Crippen LogP contribution in [0.15, 0.2) is 30.3 Å². The molecule has 1 heterocycles. The SMILES string of the molecule is O=C(O[C@@H]1CNCCC1=O)c1ccccc1. The Bertz CT molecular complexity index is 389. The number of ketones is 1. The molecule has 4 nitrogen and oxygen atoms in total. The number of piperidine rings is 1. The second-order valence-electron chi connectivity index (χ2n) is 3.68. The van der Waals surface area contributed by atoms with Gasteiger partial charge in [-0.1, -0.05) is 18.2 Å². The average Bonchev–Trinajstić information content (AvgIpc) is 2.33. The molecule has 84 valence electrons. The Morgan fingerprint density at radius 1 is 1.31 bits per heavy atom. The quantitative estimate of drug-likeness (QED) is 0.747. The minimum atomic E-state index is -0.638. The van der Waals surface area contributed by atoms with Crippen LogP contribution in [-0.2, 0) is 9.53 Å². The fourth-order valence-corrected chi connectivity index (χ4v) is 1.60.